The number of carbonyl (C=O) groups is 1. The fourth-order valence-electron chi connectivity index (χ4n) is 0.988. The molecule has 0 aromatic carbocycles. The van der Waals surface area contributed by atoms with Gasteiger partial charge in [0, 0.05) is 12.8 Å². The molecule has 19 heavy (non-hydrogen) atoms. The van der Waals surface area contributed by atoms with Crippen molar-refractivity contribution in [2.75, 3.05) is 7.11 Å². The van der Waals surface area contributed by atoms with E-state index in [1.807, 2.05) is 6.92 Å². The van der Waals surface area contributed by atoms with E-state index in [4.69, 9.17) is 0 Å². The maximum Gasteiger partial charge on any atom is 0.306 e. The van der Waals surface area contributed by atoms with Gasteiger partial charge in [-0.2, -0.15) is 0 Å². The molecule has 0 bridgehead atoms. The van der Waals surface area contributed by atoms with Gasteiger partial charge in [-0.1, -0.05) is 42.4 Å². The van der Waals surface area contributed by atoms with Gasteiger partial charge in [0.15, 0.2) is 0 Å². The predicted octanol–water partition coefficient (Wildman–Crippen LogP) is 2.53. The molecule has 0 N–H and O–H groups in total. The number of esters is 1. The SMILES string of the molecule is CCC#CCC#CCC#CCC#CCCC(=O)OC. The highest BCUT2D eigenvalue weighted by molar-refractivity contribution is 5.69. The van der Waals surface area contributed by atoms with Crippen LogP contribution < -0.4 is 0 Å². The molecule has 2 heteroatoms. The van der Waals surface area contributed by atoms with Gasteiger partial charge in [-0.25, -0.2) is 0 Å². The van der Waals surface area contributed by atoms with Crippen molar-refractivity contribution in [3.8, 4) is 47.4 Å². The molecule has 0 saturated heterocycles. The van der Waals surface area contributed by atoms with E-state index in [0.29, 0.717) is 32.1 Å². The van der Waals surface area contributed by atoms with E-state index >= 15 is 0 Å². The lowest BCUT2D eigenvalue weighted by Crippen LogP contribution is -1.98. The van der Waals surface area contributed by atoms with Crippen LogP contribution in [0.1, 0.15) is 45.4 Å². The molecule has 0 aliphatic carbocycles. The third kappa shape index (κ3) is 13.6. The molecule has 0 aromatic heterocycles. The highest BCUT2D eigenvalue weighted by Crippen LogP contribution is 1.89. The molecule has 0 fully saturated rings. The van der Waals surface area contributed by atoms with Gasteiger partial charge in [-0.15, -0.1) is 11.8 Å². The summed E-state index contributed by atoms with van der Waals surface area (Å²) in [5.41, 5.74) is 0. The van der Waals surface area contributed by atoms with E-state index in [-0.39, 0.29) is 5.97 Å². The minimum atomic E-state index is -0.234. The van der Waals surface area contributed by atoms with Crippen LogP contribution in [0, 0.1) is 47.4 Å². The number of hydrogen-bond acceptors (Lipinski definition) is 2. The van der Waals surface area contributed by atoms with E-state index in [9.17, 15) is 4.79 Å². The molecule has 0 heterocycles. The first-order valence-electron chi connectivity index (χ1n) is 6.21. The molecule has 0 rings (SSSR count). The summed E-state index contributed by atoms with van der Waals surface area (Å²) in [5, 5.41) is 0. The van der Waals surface area contributed by atoms with Crippen LogP contribution in [0.2, 0.25) is 0 Å². The zero-order valence-corrected chi connectivity index (χ0v) is 11.6. The van der Waals surface area contributed by atoms with Crippen molar-refractivity contribution in [1.82, 2.24) is 0 Å². The molecule has 0 unspecified atom stereocenters. The Morgan fingerprint density at radius 3 is 1.79 bits per heavy atom. The molecule has 0 radical (unpaired) electrons. The first-order chi connectivity index (χ1) is 9.31. The van der Waals surface area contributed by atoms with Crippen LogP contribution in [0.5, 0.6) is 0 Å². The molecule has 0 saturated carbocycles. The fraction of sp³-hybridized carbons (Fsp3) is 0.471. The van der Waals surface area contributed by atoms with Gasteiger partial charge in [0.2, 0.25) is 0 Å². The molecule has 2 nitrogen and oxygen atoms in total. The molecule has 0 aliphatic rings. The summed E-state index contributed by atoms with van der Waals surface area (Å²) >= 11 is 0. The smallest absolute Gasteiger partial charge is 0.306 e. The maximum absolute atomic E-state index is 10.8. The van der Waals surface area contributed by atoms with Crippen LogP contribution in [0.3, 0.4) is 0 Å². The van der Waals surface area contributed by atoms with Crippen molar-refractivity contribution in [3.05, 3.63) is 0 Å². The molecule has 0 spiro atoms. The zero-order chi connectivity index (χ0) is 14.2. The van der Waals surface area contributed by atoms with Crippen LogP contribution in [0.4, 0.5) is 0 Å². The van der Waals surface area contributed by atoms with Crippen molar-refractivity contribution in [2.24, 2.45) is 0 Å². The van der Waals surface area contributed by atoms with E-state index < -0.39 is 0 Å². The van der Waals surface area contributed by atoms with Crippen molar-refractivity contribution >= 4 is 5.97 Å². The standard InChI is InChI=1S/C17H18O2/c1-3-4-5-6-7-8-9-10-11-12-13-14-15-16-17(18)19-2/h3,6,9,12,15-16H2,1-2H3. The molecule has 98 valence electrons. The van der Waals surface area contributed by atoms with Crippen molar-refractivity contribution in [2.45, 2.75) is 45.4 Å². The number of hydrogen-bond donors (Lipinski definition) is 0. The molecular formula is C17H18O2. The highest BCUT2D eigenvalue weighted by atomic mass is 16.5. The van der Waals surface area contributed by atoms with E-state index in [1.165, 1.54) is 7.11 Å². The topological polar surface area (TPSA) is 26.3 Å². The van der Waals surface area contributed by atoms with E-state index in [1.54, 1.807) is 0 Å². The largest absolute Gasteiger partial charge is 0.469 e. The van der Waals surface area contributed by atoms with E-state index in [2.05, 4.69) is 52.1 Å². The summed E-state index contributed by atoms with van der Waals surface area (Å²) in [5.74, 6) is 23.1. The number of rotatable bonds is 2. The van der Waals surface area contributed by atoms with Gasteiger partial charge in [-0.05, 0) is 0 Å². The molecule has 0 atom stereocenters. The van der Waals surface area contributed by atoms with Gasteiger partial charge in [-0.3, -0.25) is 4.79 Å². The lowest BCUT2D eigenvalue weighted by atomic mass is 10.3. The first kappa shape index (κ1) is 16.7. The fourth-order valence-corrected chi connectivity index (χ4v) is 0.988. The molecular weight excluding hydrogens is 236 g/mol. The number of methoxy groups -OCH3 is 1. The normalized spacial score (nSPS) is 7.26. The Balaban J connectivity index is 3.65. The van der Waals surface area contributed by atoms with Crippen LogP contribution in [0.15, 0.2) is 0 Å². The lowest BCUT2D eigenvalue weighted by molar-refractivity contribution is -0.140. The second-order valence-electron chi connectivity index (χ2n) is 3.37. The first-order valence-corrected chi connectivity index (χ1v) is 6.21. The quantitative estimate of drug-likeness (QED) is 0.559. The number of ether oxygens (including phenoxy) is 1. The van der Waals surface area contributed by atoms with Crippen LogP contribution in [0.25, 0.3) is 0 Å². The van der Waals surface area contributed by atoms with Gasteiger partial charge in [0.1, 0.15) is 0 Å². The Bertz CT molecular complexity index is 498. The minimum Gasteiger partial charge on any atom is -0.469 e. The van der Waals surface area contributed by atoms with E-state index in [0.717, 1.165) is 6.42 Å². The van der Waals surface area contributed by atoms with Crippen LogP contribution in [-0.2, 0) is 9.53 Å². The predicted molar refractivity (Wildman–Crippen MR) is 76.5 cm³/mol. The molecule has 0 aromatic rings. The monoisotopic (exact) mass is 254 g/mol. The van der Waals surface area contributed by atoms with Crippen LogP contribution >= 0.6 is 0 Å². The Morgan fingerprint density at radius 2 is 1.32 bits per heavy atom. The summed E-state index contributed by atoms with van der Waals surface area (Å²) in [6.07, 6.45) is 3.40. The third-order valence-electron chi connectivity index (χ3n) is 1.89. The summed E-state index contributed by atoms with van der Waals surface area (Å²) in [7, 11) is 1.37. The van der Waals surface area contributed by atoms with Gasteiger partial charge >= 0.3 is 5.97 Å². The second kappa shape index (κ2) is 13.8. The lowest BCUT2D eigenvalue weighted by Gasteiger charge is -1.91. The minimum absolute atomic E-state index is 0.234. The Kier molecular flexibility index (Phi) is 12.1. The Labute approximate surface area is 116 Å². The molecule has 0 aliphatic heterocycles. The van der Waals surface area contributed by atoms with Gasteiger partial charge in [0.05, 0.1) is 32.8 Å². The second-order valence-corrected chi connectivity index (χ2v) is 3.37. The summed E-state index contributed by atoms with van der Waals surface area (Å²) in [6.45, 7) is 2.01. The van der Waals surface area contributed by atoms with Gasteiger partial charge in [0.25, 0.3) is 0 Å². The van der Waals surface area contributed by atoms with Gasteiger partial charge < -0.3 is 4.74 Å². The maximum atomic E-state index is 10.8. The zero-order valence-electron chi connectivity index (χ0n) is 11.6. The third-order valence-corrected chi connectivity index (χ3v) is 1.89. The molecule has 0 amide bonds. The Morgan fingerprint density at radius 1 is 0.842 bits per heavy atom. The summed E-state index contributed by atoms with van der Waals surface area (Å²) in [4.78, 5) is 10.8. The van der Waals surface area contributed by atoms with Crippen molar-refractivity contribution in [1.29, 1.82) is 0 Å². The summed E-state index contributed by atoms with van der Waals surface area (Å²) < 4.78 is 4.50. The van der Waals surface area contributed by atoms with Crippen molar-refractivity contribution in [3.63, 3.8) is 0 Å². The Hall–Kier alpha value is -2.29. The summed E-state index contributed by atoms with van der Waals surface area (Å²) in [6, 6.07) is 0. The average Bonchev–Trinajstić information content (AvgIpc) is 2.43. The highest BCUT2D eigenvalue weighted by Gasteiger charge is 1.94. The van der Waals surface area contributed by atoms with Crippen molar-refractivity contribution < 1.29 is 9.53 Å². The average molecular weight is 254 g/mol. The number of carbonyl (C=O) groups excluding carboxylic acids is 1. The van der Waals surface area contributed by atoms with Crippen LogP contribution in [-0.4, -0.2) is 13.1 Å².